The molecule has 11 heavy (non-hydrogen) atoms. The van der Waals surface area contributed by atoms with Gasteiger partial charge in [0.25, 0.3) is 0 Å². The Labute approximate surface area is 70.8 Å². The van der Waals surface area contributed by atoms with Crippen molar-refractivity contribution in [3.8, 4) is 0 Å². The summed E-state index contributed by atoms with van der Waals surface area (Å²) in [5.41, 5.74) is 0. The monoisotopic (exact) mass is 155 g/mol. The Morgan fingerprint density at radius 3 is 2.45 bits per heavy atom. The summed E-state index contributed by atoms with van der Waals surface area (Å²) < 4.78 is 0. The summed E-state index contributed by atoms with van der Waals surface area (Å²) in [6.45, 7) is 8.66. The van der Waals surface area contributed by atoms with Crippen LogP contribution in [0.25, 0.3) is 0 Å². The lowest BCUT2D eigenvalue weighted by Crippen LogP contribution is -2.46. The molecule has 1 heteroatoms. The second-order valence-corrected chi connectivity index (χ2v) is 3.77. The van der Waals surface area contributed by atoms with E-state index in [9.17, 15) is 0 Å². The summed E-state index contributed by atoms with van der Waals surface area (Å²) in [5.74, 6) is 1.04. The van der Waals surface area contributed by atoms with Crippen molar-refractivity contribution >= 4 is 0 Å². The highest BCUT2D eigenvalue weighted by Crippen LogP contribution is 2.20. The molecule has 0 bridgehead atoms. The highest BCUT2D eigenvalue weighted by molar-refractivity contribution is 4.78. The van der Waals surface area contributed by atoms with Crippen molar-refractivity contribution in [1.82, 2.24) is 4.90 Å². The third-order valence-electron chi connectivity index (χ3n) is 2.56. The zero-order valence-electron chi connectivity index (χ0n) is 7.97. The molecule has 0 aliphatic carbocycles. The molecule has 1 rings (SSSR count). The predicted molar refractivity (Wildman–Crippen MR) is 49.7 cm³/mol. The normalized spacial score (nSPS) is 20.2. The van der Waals surface area contributed by atoms with Gasteiger partial charge in [-0.25, -0.2) is 0 Å². The topological polar surface area (TPSA) is 3.24 Å². The minimum Gasteiger partial charge on any atom is -0.303 e. The fraction of sp³-hybridized carbons (Fsp3) is 1.00. The first-order valence-corrected chi connectivity index (χ1v) is 5.09. The van der Waals surface area contributed by atoms with Crippen molar-refractivity contribution in [2.45, 2.75) is 39.5 Å². The van der Waals surface area contributed by atoms with Crippen LogP contribution in [0.1, 0.15) is 39.5 Å². The molecule has 1 heterocycles. The molecule has 1 nitrogen and oxygen atoms in total. The van der Waals surface area contributed by atoms with Crippen LogP contribution in [0.4, 0.5) is 0 Å². The van der Waals surface area contributed by atoms with Crippen LogP contribution in [0.3, 0.4) is 0 Å². The van der Waals surface area contributed by atoms with Crippen LogP contribution in [-0.4, -0.2) is 24.5 Å². The molecule has 0 amide bonds. The van der Waals surface area contributed by atoms with Crippen molar-refractivity contribution in [2.24, 2.45) is 5.92 Å². The average Bonchev–Trinajstić information content (AvgIpc) is 1.94. The lowest BCUT2D eigenvalue weighted by Gasteiger charge is -2.39. The molecule has 1 saturated heterocycles. The third-order valence-corrected chi connectivity index (χ3v) is 2.56. The molecule has 0 atom stereocenters. The van der Waals surface area contributed by atoms with Gasteiger partial charge in [-0.3, -0.25) is 0 Å². The van der Waals surface area contributed by atoms with E-state index in [1.807, 2.05) is 0 Å². The van der Waals surface area contributed by atoms with Crippen LogP contribution >= 0.6 is 0 Å². The first-order chi connectivity index (χ1) is 5.36. The standard InChI is InChI=1S/C10H21N/c1-3-5-7-11-8-10(9-11)6-4-2/h10H,3-9H2,1-2H3. The summed E-state index contributed by atoms with van der Waals surface area (Å²) in [6, 6.07) is 0. The Morgan fingerprint density at radius 1 is 1.18 bits per heavy atom. The molecule has 0 radical (unpaired) electrons. The van der Waals surface area contributed by atoms with Gasteiger partial charge in [-0.05, 0) is 25.3 Å². The molecule has 0 aromatic carbocycles. The van der Waals surface area contributed by atoms with Crippen LogP contribution in [0, 0.1) is 5.92 Å². The molecule has 0 aromatic heterocycles. The molecule has 0 aromatic rings. The maximum Gasteiger partial charge on any atom is 0.00220 e. The molecule has 66 valence electrons. The second-order valence-electron chi connectivity index (χ2n) is 3.77. The van der Waals surface area contributed by atoms with Crippen LogP contribution in [0.2, 0.25) is 0 Å². The molecule has 0 unspecified atom stereocenters. The highest BCUT2D eigenvalue weighted by Gasteiger charge is 2.24. The quantitative estimate of drug-likeness (QED) is 0.589. The number of nitrogens with zero attached hydrogens (tertiary/aromatic N) is 1. The Hall–Kier alpha value is -0.0400. The first kappa shape index (κ1) is 9.05. The summed E-state index contributed by atoms with van der Waals surface area (Å²) in [5, 5.41) is 0. The highest BCUT2D eigenvalue weighted by atomic mass is 15.2. The van der Waals surface area contributed by atoms with E-state index in [1.165, 1.54) is 45.3 Å². The zero-order chi connectivity index (χ0) is 8.10. The zero-order valence-corrected chi connectivity index (χ0v) is 7.97. The summed E-state index contributed by atoms with van der Waals surface area (Å²) in [4.78, 5) is 2.59. The van der Waals surface area contributed by atoms with Crippen molar-refractivity contribution < 1.29 is 0 Å². The third kappa shape index (κ3) is 2.82. The largest absolute Gasteiger partial charge is 0.303 e. The van der Waals surface area contributed by atoms with Crippen LogP contribution in [-0.2, 0) is 0 Å². The molecular formula is C10H21N. The van der Waals surface area contributed by atoms with Gasteiger partial charge in [-0.1, -0.05) is 26.7 Å². The number of rotatable bonds is 5. The minimum absolute atomic E-state index is 1.04. The van der Waals surface area contributed by atoms with Gasteiger partial charge >= 0.3 is 0 Å². The summed E-state index contributed by atoms with van der Waals surface area (Å²) in [6.07, 6.45) is 5.54. The lowest BCUT2D eigenvalue weighted by atomic mass is 9.95. The van der Waals surface area contributed by atoms with Gasteiger partial charge < -0.3 is 4.90 Å². The molecule has 0 saturated carbocycles. The van der Waals surface area contributed by atoms with E-state index in [1.54, 1.807) is 0 Å². The van der Waals surface area contributed by atoms with E-state index in [0.717, 1.165) is 5.92 Å². The second kappa shape index (κ2) is 4.76. The summed E-state index contributed by atoms with van der Waals surface area (Å²) in [7, 11) is 0. The maximum atomic E-state index is 2.59. The number of likely N-dealkylation sites (tertiary alicyclic amines) is 1. The van der Waals surface area contributed by atoms with Crippen molar-refractivity contribution in [1.29, 1.82) is 0 Å². The molecule has 1 aliphatic rings. The van der Waals surface area contributed by atoms with E-state index in [4.69, 9.17) is 0 Å². The summed E-state index contributed by atoms with van der Waals surface area (Å²) >= 11 is 0. The smallest absolute Gasteiger partial charge is 0.00220 e. The van der Waals surface area contributed by atoms with E-state index < -0.39 is 0 Å². The van der Waals surface area contributed by atoms with Gasteiger partial charge in [0.15, 0.2) is 0 Å². The van der Waals surface area contributed by atoms with Crippen molar-refractivity contribution in [3.63, 3.8) is 0 Å². The van der Waals surface area contributed by atoms with Gasteiger partial charge in [-0.2, -0.15) is 0 Å². The van der Waals surface area contributed by atoms with Gasteiger partial charge in [0, 0.05) is 13.1 Å². The first-order valence-electron chi connectivity index (χ1n) is 5.09. The number of hydrogen-bond donors (Lipinski definition) is 0. The molecule has 0 spiro atoms. The van der Waals surface area contributed by atoms with E-state index in [2.05, 4.69) is 18.7 Å². The van der Waals surface area contributed by atoms with Crippen molar-refractivity contribution in [2.75, 3.05) is 19.6 Å². The molecule has 1 aliphatic heterocycles. The fourth-order valence-electron chi connectivity index (χ4n) is 1.83. The Bertz CT molecular complexity index is 95.0. The van der Waals surface area contributed by atoms with Gasteiger partial charge in [-0.15, -0.1) is 0 Å². The fourth-order valence-corrected chi connectivity index (χ4v) is 1.83. The van der Waals surface area contributed by atoms with E-state index in [0.29, 0.717) is 0 Å². The Kier molecular flexibility index (Phi) is 3.92. The van der Waals surface area contributed by atoms with Crippen molar-refractivity contribution in [3.05, 3.63) is 0 Å². The maximum absolute atomic E-state index is 2.59. The predicted octanol–water partition coefficient (Wildman–Crippen LogP) is 2.52. The van der Waals surface area contributed by atoms with E-state index >= 15 is 0 Å². The van der Waals surface area contributed by atoms with Gasteiger partial charge in [0.05, 0.1) is 0 Å². The Balaban J connectivity index is 1.92. The molecule has 1 fully saturated rings. The number of hydrogen-bond acceptors (Lipinski definition) is 1. The number of unbranched alkanes of at least 4 members (excludes halogenated alkanes) is 1. The van der Waals surface area contributed by atoms with E-state index in [-0.39, 0.29) is 0 Å². The minimum atomic E-state index is 1.04. The van der Waals surface area contributed by atoms with Gasteiger partial charge in [0.2, 0.25) is 0 Å². The lowest BCUT2D eigenvalue weighted by molar-refractivity contribution is 0.0924. The average molecular weight is 155 g/mol. The molecular weight excluding hydrogens is 134 g/mol. The van der Waals surface area contributed by atoms with Gasteiger partial charge in [0.1, 0.15) is 0 Å². The van der Waals surface area contributed by atoms with Crippen LogP contribution in [0.15, 0.2) is 0 Å². The SMILES string of the molecule is CCCCN1CC(CCC)C1. The van der Waals surface area contributed by atoms with Crippen LogP contribution in [0.5, 0.6) is 0 Å². The molecule has 0 N–H and O–H groups in total. The van der Waals surface area contributed by atoms with Crippen LogP contribution < -0.4 is 0 Å². The Morgan fingerprint density at radius 2 is 1.91 bits per heavy atom.